The summed E-state index contributed by atoms with van der Waals surface area (Å²) in [6.07, 6.45) is 2.89. The predicted molar refractivity (Wildman–Crippen MR) is 92.4 cm³/mol. The van der Waals surface area contributed by atoms with Crippen LogP contribution < -0.4 is 9.05 Å². The van der Waals surface area contributed by atoms with Crippen molar-refractivity contribution in [2.24, 2.45) is 0 Å². The van der Waals surface area contributed by atoms with Crippen LogP contribution in [0, 0.1) is 11.6 Å². The molecule has 6 heteroatoms. The largest absolute Gasteiger partial charge is 0.430 e. The zero-order chi connectivity index (χ0) is 17.7. The molecule has 0 bridgehead atoms. The van der Waals surface area contributed by atoms with Crippen LogP contribution in [0.5, 0.6) is 11.5 Å². The van der Waals surface area contributed by atoms with Crippen molar-refractivity contribution in [1.82, 2.24) is 0 Å². The van der Waals surface area contributed by atoms with Crippen molar-refractivity contribution in [3.63, 3.8) is 0 Å². The van der Waals surface area contributed by atoms with Crippen molar-refractivity contribution in [2.45, 2.75) is 6.92 Å². The minimum Gasteiger partial charge on any atom is -0.413 e. The summed E-state index contributed by atoms with van der Waals surface area (Å²) in [5, 5.41) is 0. The van der Waals surface area contributed by atoms with E-state index in [2.05, 4.69) is 13.2 Å². The first-order valence-corrected chi connectivity index (χ1v) is 8.96. The monoisotopic (exact) mass is 350 g/mol. The Hall–Kier alpha value is -2.39. The summed E-state index contributed by atoms with van der Waals surface area (Å²) in [4.78, 5) is 0. The van der Waals surface area contributed by atoms with Gasteiger partial charge in [-0.3, -0.25) is 0 Å². The molecule has 0 aliphatic carbocycles. The first-order chi connectivity index (χ1) is 11.4. The molecule has 0 radical (unpaired) electrons. The highest BCUT2D eigenvalue weighted by atomic mass is 31.2. The van der Waals surface area contributed by atoms with Gasteiger partial charge in [-0.05, 0) is 35.4 Å². The fourth-order valence-corrected chi connectivity index (χ4v) is 3.07. The van der Waals surface area contributed by atoms with E-state index in [1.54, 1.807) is 19.1 Å². The average molecular weight is 350 g/mol. The molecule has 0 aliphatic rings. The summed E-state index contributed by atoms with van der Waals surface area (Å²) in [7, 11) is -3.78. The number of hydrogen-bond donors (Lipinski definition) is 0. The first-order valence-electron chi connectivity index (χ1n) is 7.23. The van der Waals surface area contributed by atoms with Crippen LogP contribution in [-0.4, -0.2) is 6.16 Å². The Morgan fingerprint density at radius 2 is 1.38 bits per heavy atom. The van der Waals surface area contributed by atoms with Crippen LogP contribution in [0.15, 0.2) is 49.6 Å². The number of halogens is 2. The summed E-state index contributed by atoms with van der Waals surface area (Å²) in [5.74, 6) is -1.86. The van der Waals surface area contributed by atoms with Crippen LogP contribution in [0.25, 0.3) is 12.2 Å². The molecule has 0 unspecified atom stereocenters. The molecule has 126 valence electrons. The van der Waals surface area contributed by atoms with Crippen molar-refractivity contribution in [2.75, 3.05) is 6.16 Å². The Morgan fingerprint density at radius 3 is 1.67 bits per heavy atom. The Balaban J connectivity index is 2.27. The lowest BCUT2D eigenvalue weighted by atomic mass is 10.2. The molecule has 24 heavy (non-hydrogen) atoms. The quantitative estimate of drug-likeness (QED) is 0.581. The highest BCUT2D eigenvalue weighted by molar-refractivity contribution is 7.54. The van der Waals surface area contributed by atoms with Crippen LogP contribution in [0.1, 0.15) is 18.1 Å². The van der Waals surface area contributed by atoms with Crippen LogP contribution in [0.3, 0.4) is 0 Å². The van der Waals surface area contributed by atoms with E-state index in [-0.39, 0.29) is 17.7 Å². The van der Waals surface area contributed by atoms with Crippen molar-refractivity contribution < 1.29 is 22.4 Å². The summed E-state index contributed by atoms with van der Waals surface area (Å²) in [6, 6.07) is 8.17. The molecule has 0 aliphatic heterocycles. The minimum atomic E-state index is -3.78. The zero-order valence-electron chi connectivity index (χ0n) is 13.2. The Morgan fingerprint density at radius 1 is 0.958 bits per heavy atom. The number of rotatable bonds is 7. The molecule has 0 saturated heterocycles. The van der Waals surface area contributed by atoms with Gasteiger partial charge in [-0.1, -0.05) is 44.4 Å². The van der Waals surface area contributed by atoms with Gasteiger partial charge in [0.05, 0.1) is 6.16 Å². The van der Waals surface area contributed by atoms with Crippen LogP contribution in [-0.2, 0) is 4.57 Å². The zero-order valence-corrected chi connectivity index (χ0v) is 14.1. The molecule has 0 amide bonds. The van der Waals surface area contributed by atoms with Gasteiger partial charge >= 0.3 is 7.60 Å². The van der Waals surface area contributed by atoms with E-state index in [0.29, 0.717) is 11.1 Å². The second-order valence-corrected chi connectivity index (χ2v) is 7.12. The number of hydrogen-bond acceptors (Lipinski definition) is 3. The van der Waals surface area contributed by atoms with Gasteiger partial charge in [-0.25, -0.2) is 13.3 Å². The van der Waals surface area contributed by atoms with E-state index >= 15 is 0 Å². The van der Waals surface area contributed by atoms with Crippen LogP contribution >= 0.6 is 7.60 Å². The Labute approximate surface area is 139 Å². The van der Waals surface area contributed by atoms with Crippen LogP contribution in [0.2, 0.25) is 0 Å². The average Bonchev–Trinajstić information content (AvgIpc) is 2.58. The van der Waals surface area contributed by atoms with E-state index in [1.165, 1.54) is 36.4 Å². The normalized spacial score (nSPS) is 11.0. The molecule has 0 atom stereocenters. The molecule has 0 spiro atoms. The molecule has 2 aromatic carbocycles. The lowest BCUT2D eigenvalue weighted by Crippen LogP contribution is -2.05. The molecular weight excluding hydrogens is 333 g/mol. The van der Waals surface area contributed by atoms with Crippen molar-refractivity contribution in [3.8, 4) is 11.5 Å². The Bertz CT molecular complexity index is 754. The number of benzene rings is 2. The van der Waals surface area contributed by atoms with E-state index in [4.69, 9.17) is 9.05 Å². The van der Waals surface area contributed by atoms with E-state index in [9.17, 15) is 13.3 Å². The second-order valence-electron chi connectivity index (χ2n) is 4.90. The third-order valence-electron chi connectivity index (χ3n) is 3.25. The highest BCUT2D eigenvalue weighted by Gasteiger charge is 2.28. The SMILES string of the molecule is C=Cc1ccc(OP(=O)(CC)Oc2ccc(C=C)cc2F)c(F)c1. The molecule has 0 fully saturated rings. The van der Waals surface area contributed by atoms with Crippen molar-refractivity contribution in [3.05, 3.63) is 72.3 Å². The van der Waals surface area contributed by atoms with Gasteiger partial charge in [-0.15, -0.1) is 0 Å². The second kappa shape index (κ2) is 7.45. The van der Waals surface area contributed by atoms with Gasteiger partial charge in [0.1, 0.15) is 0 Å². The third kappa shape index (κ3) is 4.12. The van der Waals surface area contributed by atoms with Crippen molar-refractivity contribution in [1.29, 1.82) is 0 Å². The molecule has 0 N–H and O–H groups in total. The third-order valence-corrected chi connectivity index (χ3v) is 4.97. The topological polar surface area (TPSA) is 35.5 Å². The van der Waals surface area contributed by atoms with Gasteiger partial charge < -0.3 is 9.05 Å². The maximum Gasteiger partial charge on any atom is 0.430 e. The lowest BCUT2D eigenvalue weighted by molar-refractivity contribution is 0.368. The summed E-state index contributed by atoms with van der Waals surface area (Å²) >= 11 is 0. The van der Waals surface area contributed by atoms with Crippen molar-refractivity contribution >= 4 is 19.7 Å². The van der Waals surface area contributed by atoms with E-state index < -0.39 is 19.2 Å². The van der Waals surface area contributed by atoms with Gasteiger partial charge in [0.15, 0.2) is 23.1 Å². The van der Waals surface area contributed by atoms with Crippen LogP contribution in [0.4, 0.5) is 8.78 Å². The van der Waals surface area contributed by atoms with E-state index in [1.807, 2.05) is 0 Å². The van der Waals surface area contributed by atoms with Gasteiger partial charge in [0.2, 0.25) is 0 Å². The van der Waals surface area contributed by atoms with E-state index in [0.717, 1.165) is 0 Å². The van der Waals surface area contributed by atoms with Gasteiger partial charge in [0, 0.05) is 0 Å². The fraction of sp³-hybridized carbons (Fsp3) is 0.111. The molecular formula is C18H17F2O3P. The lowest BCUT2D eigenvalue weighted by Gasteiger charge is -2.19. The first kappa shape index (κ1) is 18.0. The maximum atomic E-state index is 14.0. The predicted octanol–water partition coefficient (Wildman–Crippen LogP) is 5.92. The molecule has 2 rings (SSSR count). The molecule has 2 aromatic rings. The molecule has 0 heterocycles. The van der Waals surface area contributed by atoms with Gasteiger partial charge in [-0.2, -0.15) is 0 Å². The molecule has 3 nitrogen and oxygen atoms in total. The minimum absolute atomic E-state index is 0.0572. The molecule has 0 saturated carbocycles. The highest BCUT2D eigenvalue weighted by Crippen LogP contribution is 2.49. The Kier molecular flexibility index (Phi) is 5.58. The maximum absolute atomic E-state index is 14.0. The summed E-state index contributed by atoms with van der Waals surface area (Å²) < 4.78 is 51.2. The molecule has 0 aromatic heterocycles. The fourth-order valence-electron chi connectivity index (χ4n) is 1.88. The summed E-state index contributed by atoms with van der Waals surface area (Å²) in [5.41, 5.74) is 1.11. The van der Waals surface area contributed by atoms with Gasteiger partial charge in [0.25, 0.3) is 0 Å². The smallest absolute Gasteiger partial charge is 0.413 e. The standard InChI is InChI=1S/C18H17F2O3P/c1-4-13-7-9-17(15(19)11-13)22-24(21,6-3)23-18-10-8-14(5-2)12-16(18)20/h4-5,7-12H,1-2,6H2,3H3. The summed E-state index contributed by atoms with van der Waals surface area (Å²) in [6.45, 7) is 8.62.